The Kier molecular flexibility index (Phi) is 6.65. The molecule has 2 heterocycles. The van der Waals surface area contributed by atoms with Gasteiger partial charge in [-0.2, -0.15) is 4.31 Å². The molecule has 0 radical (unpaired) electrons. The summed E-state index contributed by atoms with van der Waals surface area (Å²) in [6.07, 6.45) is 4.99. The van der Waals surface area contributed by atoms with Crippen LogP contribution in [0.15, 0.2) is 58.6 Å². The second-order valence-electron chi connectivity index (χ2n) is 6.11. The van der Waals surface area contributed by atoms with Gasteiger partial charge in [0.25, 0.3) is 5.91 Å². The van der Waals surface area contributed by atoms with Crippen molar-refractivity contribution < 1.29 is 18.0 Å². The summed E-state index contributed by atoms with van der Waals surface area (Å²) >= 11 is 1.32. The Morgan fingerprint density at radius 1 is 1.00 bits per heavy atom. The standard InChI is InChI=1S/C18H20N4O4S2/c23-17(13-27-15-7-9-19-10-8-15)20-21-18(24)14-3-5-16(6-4-14)28(25,26)22-11-1-2-12-22/h3-10H,1-2,11-13H2,(H,20,23)(H,21,24). The highest BCUT2D eigenvalue weighted by Crippen LogP contribution is 2.21. The van der Waals surface area contributed by atoms with Crippen molar-refractivity contribution in [2.45, 2.75) is 22.6 Å². The number of nitrogens with zero attached hydrogens (tertiary/aromatic N) is 2. The van der Waals surface area contributed by atoms with E-state index in [4.69, 9.17) is 0 Å². The molecule has 28 heavy (non-hydrogen) atoms. The Labute approximate surface area is 167 Å². The van der Waals surface area contributed by atoms with E-state index in [2.05, 4.69) is 15.8 Å². The van der Waals surface area contributed by atoms with Gasteiger partial charge in [-0.1, -0.05) is 0 Å². The number of nitrogens with one attached hydrogen (secondary N) is 2. The molecule has 1 aliphatic heterocycles. The van der Waals surface area contributed by atoms with Crippen molar-refractivity contribution >= 4 is 33.6 Å². The fraction of sp³-hybridized carbons (Fsp3) is 0.278. The van der Waals surface area contributed by atoms with Gasteiger partial charge in [-0.05, 0) is 49.2 Å². The zero-order valence-corrected chi connectivity index (χ0v) is 16.6. The molecule has 1 saturated heterocycles. The number of carbonyl (C=O) groups is 2. The lowest BCUT2D eigenvalue weighted by Gasteiger charge is -2.15. The Hall–Kier alpha value is -2.43. The Morgan fingerprint density at radius 3 is 2.29 bits per heavy atom. The number of carbonyl (C=O) groups excluding carboxylic acids is 2. The molecule has 0 bridgehead atoms. The SMILES string of the molecule is O=C(CSc1ccncc1)NNC(=O)c1ccc(S(=O)(=O)N2CCCC2)cc1. The number of sulfonamides is 1. The van der Waals surface area contributed by atoms with Crippen molar-refractivity contribution in [2.24, 2.45) is 0 Å². The van der Waals surface area contributed by atoms with Gasteiger partial charge >= 0.3 is 0 Å². The second kappa shape index (κ2) is 9.18. The van der Waals surface area contributed by atoms with Crippen LogP contribution in [-0.2, 0) is 14.8 Å². The van der Waals surface area contributed by atoms with Gasteiger partial charge in [0.1, 0.15) is 0 Å². The number of hydrazine groups is 1. The highest BCUT2D eigenvalue weighted by molar-refractivity contribution is 8.00. The topological polar surface area (TPSA) is 108 Å². The van der Waals surface area contributed by atoms with Crippen molar-refractivity contribution in [3.05, 3.63) is 54.4 Å². The molecule has 1 aromatic carbocycles. The van der Waals surface area contributed by atoms with E-state index in [9.17, 15) is 18.0 Å². The van der Waals surface area contributed by atoms with E-state index in [0.717, 1.165) is 17.7 Å². The van der Waals surface area contributed by atoms with Gasteiger partial charge in [0.2, 0.25) is 15.9 Å². The Balaban J connectivity index is 1.51. The van der Waals surface area contributed by atoms with Crippen LogP contribution >= 0.6 is 11.8 Å². The molecule has 0 spiro atoms. The largest absolute Gasteiger partial charge is 0.272 e. The summed E-state index contributed by atoms with van der Waals surface area (Å²) in [6, 6.07) is 9.24. The lowest BCUT2D eigenvalue weighted by Crippen LogP contribution is -2.42. The van der Waals surface area contributed by atoms with Crippen LogP contribution < -0.4 is 10.9 Å². The van der Waals surface area contributed by atoms with Gasteiger partial charge in [0.05, 0.1) is 10.6 Å². The van der Waals surface area contributed by atoms with Crippen LogP contribution in [0.25, 0.3) is 0 Å². The molecular weight excluding hydrogens is 400 g/mol. The average Bonchev–Trinajstić information content (AvgIpc) is 3.27. The summed E-state index contributed by atoms with van der Waals surface area (Å²) in [4.78, 5) is 28.9. The number of benzene rings is 1. The number of thioether (sulfide) groups is 1. The van der Waals surface area contributed by atoms with Crippen molar-refractivity contribution in [3.63, 3.8) is 0 Å². The first kappa shape index (κ1) is 20.3. The third kappa shape index (κ3) is 5.09. The van der Waals surface area contributed by atoms with E-state index in [1.54, 1.807) is 24.5 Å². The summed E-state index contributed by atoms with van der Waals surface area (Å²) in [5.41, 5.74) is 4.92. The van der Waals surface area contributed by atoms with Crippen molar-refractivity contribution in [1.82, 2.24) is 20.1 Å². The Morgan fingerprint density at radius 2 is 1.64 bits per heavy atom. The highest BCUT2D eigenvalue weighted by atomic mass is 32.2. The van der Waals surface area contributed by atoms with Crippen molar-refractivity contribution in [2.75, 3.05) is 18.8 Å². The normalized spacial score (nSPS) is 14.6. The summed E-state index contributed by atoms with van der Waals surface area (Å²) in [5, 5.41) is 0. The van der Waals surface area contributed by atoms with Crippen LogP contribution in [0, 0.1) is 0 Å². The zero-order chi connectivity index (χ0) is 20.0. The smallest absolute Gasteiger partial charge is 0.269 e. The van der Waals surface area contributed by atoms with Gasteiger partial charge in [-0.3, -0.25) is 25.4 Å². The predicted octanol–water partition coefficient (Wildman–Crippen LogP) is 1.42. The van der Waals surface area contributed by atoms with Crippen LogP contribution in [0.5, 0.6) is 0 Å². The second-order valence-corrected chi connectivity index (χ2v) is 9.10. The van der Waals surface area contributed by atoms with Crippen LogP contribution in [0.1, 0.15) is 23.2 Å². The monoisotopic (exact) mass is 420 g/mol. The quantitative estimate of drug-likeness (QED) is 0.540. The van der Waals surface area contributed by atoms with Crippen LogP contribution in [0.4, 0.5) is 0 Å². The molecule has 0 unspecified atom stereocenters. The van der Waals surface area contributed by atoms with Gasteiger partial charge in [-0.15, -0.1) is 11.8 Å². The van der Waals surface area contributed by atoms with Crippen LogP contribution in [-0.4, -0.2) is 48.4 Å². The van der Waals surface area contributed by atoms with Gasteiger partial charge < -0.3 is 0 Å². The average molecular weight is 421 g/mol. The first-order valence-electron chi connectivity index (χ1n) is 8.69. The molecule has 0 saturated carbocycles. The minimum absolute atomic E-state index is 0.136. The van der Waals surface area contributed by atoms with E-state index >= 15 is 0 Å². The fourth-order valence-corrected chi connectivity index (χ4v) is 4.88. The van der Waals surface area contributed by atoms with E-state index in [-0.39, 0.29) is 22.1 Å². The van der Waals surface area contributed by atoms with Crippen LogP contribution in [0.2, 0.25) is 0 Å². The molecular formula is C18H20N4O4S2. The molecule has 2 aromatic rings. The first-order valence-corrected chi connectivity index (χ1v) is 11.1. The molecule has 1 fully saturated rings. The number of hydrogen-bond acceptors (Lipinski definition) is 6. The maximum absolute atomic E-state index is 12.5. The minimum Gasteiger partial charge on any atom is -0.272 e. The molecule has 1 aromatic heterocycles. The summed E-state index contributed by atoms with van der Waals surface area (Å²) in [5.74, 6) is -0.743. The van der Waals surface area contributed by atoms with E-state index in [0.29, 0.717) is 13.1 Å². The third-order valence-electron chi connectivity index (χ3n) is 4.15. The maximum Gasteiger partial charge on any atom is 0.269 e. The zero-order valence-electron chi connectivity index (χ0n) is 15.0. The third-order valence-corrected chi connectivity index (χ3v) is 7.08. The number of rotatable bonds is 6. The predicted molar refractivity (Wildman–Crippen MR) is 105 cm³/mol. The molecule has 148 valence electrons. The summed E-state index contributed by atoms with van der Waals surface area (Å²) < 4.78 is 26.4. The Bertz CT molecular complexity index is 928. The van der Waals surface area contributed by atoms with E-state index in [1.165, 1.54) is 40.3 Å². The minimum atomic E-state index is -3.52. The van der Waals surface area contributed by atoms with Gasteiger partial charge in [0.15, 0.2) is 0 Å². The molecule has 0 aliphatic carbocycles. The van der Waals surface area contributed by atoms with E-state index < -0.39 is 15.9 Å². The molecule has 8 nitrogen and oxygen atoms in total. The van der Waals surface area contributed by atoms with Gasteiger partial charge in [-0.25, -0.2) is 8.42 Å². The van der Waals surface area contributed by atoms with Crippen LogP contribution in [0.3, 0.4) is 0 Å². The summed E-state index contributed by atoms with van der Waals surface area (Å²) in [6.45, 7) is 1.04. The molecule has 1 aliphatic rings. The molecule has 3 rings (SSSR count). The highest BCUT2D eigenvalue weighted by Gasteiger charge is 2.27. The molecule has 10 heteroatoms. The number of pyridine rings is 1. The lowest BCUT2D eigenvalue weighted by atomic mass is 10.2. The molecule has 2 N–H and O–H groups in total. The fourth-order valence-electron chi connectivity index (χ4n) is 2.67. The molecule has 0 atom stereocenters. The lowest BCUT2D eigenvalue weighted by molar-refractivity contribution is -0.119. The number of hydrogen-bond donors (Lipinski definition) is 2. The van der Waals surface area contributed by atoms with Crippen molar-refractivity contribution in [3.8, 4) is 0 Å². The van der Waals surface area contributed by atoms with E-state index in [1.807, 2.05) is 0 Å². The maximum atomic E-state index is 12.5. The number of amides is 2. The van der Waals surface area contributed by atoms with Crippen molar-refractivity contribution in [1.29, 1.82) is 0 Å². The first-order chi connectivity index (χ1) is 13.5. The molecule has 2 amide bonds. The number of aromatic nitrogens is 1. The summed E-state index contributed by atoms with van der Waals surface area (Å²) in [7, 11) is -3.52. The van der Waals surface area contributed by atoms with Gasteiger partial charge in [0, 0.05) is 35.9 Å².